The monoisotopic (exact) mass is 1610 g/mol. The standard InChI is InChI=1S/C74H137N11O27/c1-104-46-49-41-50(89)42-85(49)61(97)26-9-7-5-3-2-4-6-8-25-60(96)84-74(29-14-10-21-54(90)78-30-18-31-79-55(91)22-11-15-36-107-71-62(75)68(101)65(98)51(43-86)110-71,47-105-39-27-58(94)82-34-19-32-80-56(92)23-12-16-37-108-72-63(76)69(102)66(99)52(44-87)111-72)48-106-40-28-59(95)83-35-20-33-81-57(93)24-13-17-38-109-73-64(77)70(103)67(100)53(45-88)112-73/h49-53,62-73,86-89,98-103H,2-48,75-77H2,1H3,(H,78,90)(H,79,91)(H,80,92)(H,81,93)(H,82,94)(H,83,95)(H,84,96)/t49-,50+,51?,52?,53?,62?,63?,64?,65?,66?,67?,68?,69?,70?,71?,72?,73?,74?/m0/s1. The molecule has 0 spiro atoms. The van der Waals surface area contributed by atoms with Crippen LogP contribution in [-0.2, 0) is 81.0 Å². The van der Waals surface area contributed by atoms with Crippen molar-refractivity contribution in [1.82, 2.24) is 42.1 Å². The van der Waals surface area contributed by atoms with Crippen molar-refractivity contribution in [2.75, 3.05) is 126 Å². The zero-order chi connectivity index (χ0) is 82.1. The van der Waals surface area contributed by atoms with Gasteiger partial charge in [-0.15, -0.1) is 0 Å². The second kappa shape index (κ2) is 57.9. The molecule has 112 heavy (non-hydrogen) atoms. The number of nitrogens with zero attached hydrogens (tertiary/aromatic N) is 1. The number of β-amino-alcohol motifs (C(OH)–C–C–N with tert-alkyl or cyclic N) is 1. The molecule has 0 aliphatic carbocycles. The van der Waals surface area contributed by atoms with Gasteiger partial charge in [0, 0.05) is 124 Å². The molecule has 23 N–H and O–H groups in total. The van der Waals surface area contributed by atoms with Gasteiger partial charge in [-0.3, -0.25) is 38.4 Å². The van der Waals surface area contributed by atoms with Crippen LogP contribution >= 0.6 is 0 Å². The Kier molecular flexibility index (Phi) is 51.3. The summed E-state index contributed by atoms with van der Waals surface area (Å²) in [6, 6.07) is -3.20. The minimum Gasteiger partial charge on any atom is -0.394 e. The Morgan fingerprint density at radius 1 is 0.393 bits per heavy atom. The number of carbonyl (C=O) groups excluding carboxylic acids is 8. The van der Waals surface area contributed by atoms with Crippen molar-refractivity contribution >= 4 is 47.3 Å². The Morgan fingerprint density at radius 3 is 1.05 bits per heavy atom. The third-order valence-corrected chi connectivity index (χ3v) is 20.1. The van der Waals surface area contributed by atoms with Gasteiger partial charge >= 0.3 is 0 Å². The second-order valence-corrected chi connectivity index (χ2v) is 29.5. The topological polar surface area (TPSA) is 587 Å². The number of amides is 8. The van der Waals surface area contributed by atoms with Gasteiger partial charge in [-0.05, 0) is 89.9 Å². The van der Waals surface area contributed by atoms with Gasteiger partial charge in [-0.2, -0.15) is 0 Å². The van der Waals surface area contributed by atoms with Crippen molar-refractivity contribution in [1.29, 1.82) is 0 Å². The van der Waals surface area contributed by atoms with Crippen molar-refractivity contribution in [3.63, 3.8) is 0 Å². The highest BCUT2D eigenvalue weighted by Crippen LogP contribution is 2.26. The zero-order valence-electron chi connectivity index (χ0n) is 65.6. The van der Waals surface area contributed by atoms with Crippen LogP contribution in [0.15, 0.2) is 0 Å². The number of likely N-dealkylation sites (tertiary alicyclic amines) is 1. The van der Waals surface area contributed by atoms with Gasteiger partial charge in [0.1, 0.15) is 54.9 Å². The van der Waals surface area contributed by atoms with Crippen LogP contribution in [-0.4, -0.2) is 338 Å². The van der Waals surface area contributed by atoms with Crippen LogP contribution in [0.2, 0.25) is 0 Å². The summed E-state index contributed by atoms with van der Waals surface area (Å²) in [6.07, 6.45) is -1.26. The van der Waals surface area contributed by atoms with Gasteiger partial charge in [0.2, 0.25) is 47.3 Å². The Bertz CT molecular complexity index is 2420. The van der Waals surface area contributed by atoms with Crippen LogP contribution in [0.25, 0.3) is 0 Å². The summed E-state index contributed by atoms with van der Waals surface area (Å²) in [6.45, 7) is 0.961. The molecule has 8 amide bonds. The first kappa shape index (κ1) is 99.2. The summed E-state index contributed by atoms with van der Waals surface area (Å²) in [5.41, 5.74) is 16.6. The van der Waals surface area contributed by atoms with E-state index in [1.807, 2.05) is 0 Å². The van der Waals surface area contributed by atoms with Crippen molar-refractivity contribution < 1.29 is 132 Å². The maximum absolute atomic E-state index is 14.0. The number of aliphatic hydroxyl groups is 10. The van der Waals surface area contributed by atoms with Crippen molar-refractivity contribution in [3.8, 4) is 0 Å². The lowest BCUT2D eigenvalue weighted by atomic mass is 9.92. The van der Waals surface area contributed by atoms with E-state index in [0.717, 1.165) is 44.9 Å². The summed E-state index contributed by atoms with van der Waals surface area (Å²) in [7, 11) is 1.58. The minimum absolute atomic E-state index is 0.0280. The normalized spacial score (nSPS) is 26.4. The first-order valence-corrected chi connectivity index (χ1v) is 40.4. The maximum Gasteiger partial charge on any atom is 0.222 e. The largest absolute Gasteiger partial charge is 0.394 e. The SMILES string of the molecule is COC[C@@H]1C[C@@H](O)CN1C(=O)CCCCCCCCCCC(=O)NC(CCCCC(=O)NCCCNC(=O)CCCCOC1OC(CO)C(O)C(O)C1N)(COCCC(=O)NCCCNC(=O)CCCCOC1OC(CO)C(O)C(O)C1N)COCCC(=O)NCCCNC(=O)CCCCOC1OC(CO)C(O)C(O)C1N. The number of aliphatic hydroxyl groups excluding tert-OH is 10. The number of hydrogen-bond donors (Lipinski definition) is 20. The van der Waals surface area contributed by atoms with Gasteiger partial charge in [-0.25, -0.2) is 0 Å². The number of ether oxygens (including phenoxy) is 9. The number of unbranched alkanes of at least 4 members (excludes halogenated alkanes) is 11. The van der Waals surface area contributed by atoms with E-state index in [1.165, 1.54) is 0 Å². The van der Waals surface area contributed by atoms with Crippen LogP contribution in [0.1, 0.15) is 186 Å². The minimum atomic E-state index is -1.36. The molecule has 38 nitrogen and oxygen atoms in total. The fourth-order valence-corrected chi connectivity index (χ4v) is 13.3. The molecule has 15 unspecified atom stereocenters. The molecule has 4 aliphatic heterocycles. The van der Waals surface area contributed by atoms with Crippen molar-refractivity contribution in [2.45, 2.75) is 296 Å². The van der Waals surface area contributed by atoms with E-state index in [-0.39, 0.29) is 184 Å². The Hall–Kier alpha value is -5.12. The van der Waals surface area contributed by atoms with E-state index in [2.05, 4.69) is 37.2 Å². The third kappa shape index (κ3) is 39.2. The second-order valence-electron chi connectivity index (χ2n) is 29.5. The summed E-state index contributed by atoms with van der Waals surface area (Å²) in [5, 5.41) is 119. The van der Waals surface area contributed by atoms with E-state index < -0.39 is 123 Å². The lowest BCUT2D eigenvalue weighted by Gasteiger charge is -2.40. The molecule has 17 atom stereocenters. The van der Waals surface area contributed by atoms with Gasteiger partial charge in [0.05, 0.1) is 88.7 Å². The molecule has 4 fully saturated rings. The third-order valence-electron chi connectivity index (χ3n) is 20.1. The first-order chi connectivity index (χ1) is 53.9. The molecule has 4 heterocycles. The summed E-state index contributed by atoms with van der Waals surface area (Å²) >= 11 is 0. The first-order valence-electron chi connectivity index (χ1n) is 40.4. The number of carbonyl (C=O) groups is 8. The highest BCUT2D eigenvalue weighted by molar-refractivity contribution is 5.79. The predicted molar refractivity (Wildman–Crippen MR) is 403 cm³/mol. The highest BCUT2D eigenvalue weighted by atomic mass is 16.7. The molecular formula is C74H137N11O27. The van der Waals surface area contributed by atoms with E-state index >= 15 is 0 Å². The summed E-state index contributed by atoms with van der Waals surface area (Å²) in [4.78, 5) is 106. The Morgan fingerprint density at radius 2 is 0.705 bits per heavy atom. The average molecular weight is 1610 g/mol. The predicted octanol–water partition coefficient (Wildman–Crippen LogP) is -4.55. The van der Waals surface area contributed by atoms with E-state index in [9.17, 15) is 89.4 Å². The quantitative estimate of drug-likeness (QED) is 0.0255. The Balaban J connectivity index is 1.27. The van der Waals surface area contributed by atoms with E-state index in [1.54, 1.807) is 12.0 Å². The molecule has 0 aromatic heterocycles. The number of rotatable bonds is 62. The molecule has 4 rings (SSSR count). The zero-order valence-corrected chi connectivity index (χ0v) is 65.6. The molecule has 0 aromatic rings. The van der Waals surface area contributed by atoms with Gasteiger partial charge in [0.15, 0.2) is 18.9 Å². The van der Waals surface area contributed by atoms with Crippen LogP contribution in [0.4, 0.5) is 0 Å². The number of nitrogens with one attached hydrogen (secondary N) is 7. The van der Waals surface area contributed by atoms with Crippen LogP contribution in [0.5, 0.6) is 0 Å². The van der Waals surface area contributed by atoms with Gasteiger partial charge < -0.3 is 153 Å². The molecule has 0 bridgehead atoms. The fourth-order valence-electron chi connectivity index (χ4n) is 13.3. The maximum atomic E-state index is 14.0. The van der Waals surface area contributed by atoms with Crippen LogP contribution in [0, 0.1) is 0 Å². The summed E-state index contributed by atoms with van der Waals surface area (Å²) in [5.74, 6) is -1.72. The molecule has 0 saturated carbocycles. The molecule has 0 radical (unpaired) electrons. The van der Waals surface area contributed by atoms with E-state index in [0.29, 0.717) is 110 Å². The molecule has 4 aliphatic rings. The Labute approximate surface area is 657 Å². The lowest BCUT2D eigenvalue weighted by Crippen LogP contribution is -2.62. The highest BCUT2D eigenvalue weighted by Gasteiger charge is 2.46. The van der Waals surface area contributed by atoms with Gasteiger partial charge in [0.25, 0.3) is 0 Å². The van der Waals surface area contributed by atoms with Gasteiger partial charge in [-0.1, -0.05) is 44.9 Å². The molecule has 0 aromatic carbocycles. The number of hydrogen-bond acceptors (Lipinski definition) is 30. The number of methoxy groups -OCH3 is 1. The summed E-state index contributed by atoms with van der Waals surface area (Å²) < 4.78 is 50.9. The fraction of sp³-hybridized carbons (Fsp3) is 0.892. The molecule has 4 saturated heterocycles. The van der Waals surface area contributed by atoms with Crippen LogP contribution < -0.4 is 54.4 Å². The molecular weight excluding hydrogens is 1470 g/mol. The smallest absolute Gasteiger partial charge is 0.222 e. The van der Waals surface area contributed by atoms with E-state index in [4.69, 9.17) is 59.8 Å². The number of nitrogens with two attached hydrogens (primary N) is 3. The van der Waals surface area contributed by atoms with Crippen molar-refractivity contribution in [2.24, 2.45) is 17.2 Å². The average Bonchev–Trinajstić information content (AvgIpc) is 1.18. The molecule has 650 valence electrons. The van der Waals surface area contributed by atoms with Crippen LogP contribution in [0.3, 0.4) is 0 Å². The lowest BCUT2D eigenvalue weighted by molar-refractivity contribution is -0.265. The van der Waals surface area contributed by atoms with Crippen molar-refractivity contribution in [3.05, 3.63) is 0 Å². The molecule has 38 heteroatoms.